The number of halogens is 2. The van der Waals surface area contributed by atoms with Gasteiger partial charge in [0.15, 0.2) is 0 Å². The van der Waals surface area contributed by atoms with Gasteiger partial charge in [-0.15, -0.1) is 0 Å². The van der Waals surface area contributed by atoms with Crippen LogP contribution in [0.25, 0.3) is 0 Å². The summed E-state index contributed by atoms with van der Waals surface area (Å²) in [6.07, 6.45) is 6.61. The van der Waals surface area contributed by atoms with Crippen LogP contribution in [0.5, 0.6) is 0 Å². The predicted octanol–water partition coefficient (Wildman–Crippen LogP) is 4.05. The quantitative estimate of drug-likeness (QED) is 0.797. The van der Waals surface area contributed by atoms with E-state index in [2.05, 4.69) is 9.88 Å². The van der Waals surface area contributed by atoms with Crippen molar-refractivity contribution in [3.05, 3.63) is 59.3 Å². The number of nitrogens with zero attached hydrogens (tertiary/aromatic N) is 3. The Balaban J connectivity index is 1.36. The molecule has 0 aliphatic carbocycles. The Bertz CT molecular complexity index is 814. The number of benzene rings is 1. The molecule has 1 atom stereocenters. The second kappa shape index (κ2) is 8.25. The predicted molar refractivity (Wildman–Crippen MR) is 104 cm³/mol. The van der Waals surface area contributed by atoms with Gasteiger partial charge in [-0.05, 0) is 67.9 Å². The van der Waals surface area contributed by atoms with E-state index in [1.807, 2.05) is 17.0 Å². The number of hydrogen-bond donors (Lipinski definition) is 0. The van der Waals surface area contributed by atoms with Crippen molar-refractivity contribution in [1.82, 2.24) is 9.88 Å². The molecule has 1 aromatic carbocycles. The van der Waals surface area contributed by atoms with Crippen LogP contribution in [-0.4, -0.2) is 42.0 Å². The van der Waals surface area contributed by atoms with Gasteiger partial charge in [0.05, 0.1) is 5.56 Å². The molecular weight excluding hydrogens is 360 g/mol. The minimum absolute atomic E-state index is 0.0613. The highest BCUT2D eigenvalue weighted by atomic mass is 19.1. The Morgan fingerprint density at radius 2 is 1.79 bits per heavy atom. The Morgan fingerprint density at radius 1 is 1.04 bits per heavy atom. The minimum atomic E-state index is -0.527. The fourth-order valence-corrected chi connectivity index (χ4v) is 4.25. The topological polar surface area (TPSA) is 36.4 Å². The average molecular weight is 385 g/mol. The molecule has 1 aromatic heterocycles. The molecule has 1 unspecified atom stereocenters. The van der Waals surface area contributed by atoms with Crippen LogP contribution in [-0.2, 0) is 6.42 Å². The van der Waals surface area contributed by atoms with Gasteiger partial charge in [0.1, 0.15) is 17.5 Å². The molecule has 2 aliphatic heterocycles. The van der Waals surface area contributed by atoms with E-state index in [1.54, 1.807) is 6.20 Å². The number of aromatic nitrogens is 1. The van der Waals surface area contributed by atoms with E-state index >= 15 is 0 Å². The first kappa shape index (κ1) is 18.8. The van der Waals surface area contributed by atoms with E-state index in [4.69, 9.17) is 0 Å². The molecule has 0 saturated carbocycles. The van der Waals surface area contributed by atoms with Crippen LogP contribution in [0.3, 0.4) is 0 Å². The van der Waals surface area contributed by atoms with Crippen LogP contribution in [0.2, 0.25) is 0 Å². The Morgan fingerprint density at radius 3 is 2.46 bits per heavy atom. The lowest BCUT2D eigenvalue weighted by Gasteiger charge is -2.26. The molecule has 0 radical (unpaired) electrons. The maximum atomic E-state index is 13.4. The Labute approximate surface area is 164 Å². The lowest BCUT2D eigenvalue weighted by Crippen LogP contribution is -2.35. The van der Waals surface area contributed by atoms with E-state index in [-0.39, 0.29) is 5.91 Å². The lowest BCUT2D eigenvalue weighted by atomic mass is 9.98. The van der Waals surface area contributed by atoms with E-state index in [0.29, 0.717) is 23.5 Å². The first-order valence-corrected chi connectivity index (χ1v) is 10.0. The number of amides is 1. The van der Waals surface area contributed by atoms with Crippen molar-refractivity contribution in [3.63, 3.8) is 0 Å². The first-order valence-electron chi connectivity index (χ1n) is 10.0. The van der Waals surface area contributed by atoms with Crippen molar-refractivity contribution in [3.8, 4) is 0 Å². The van der Waals surface area contributed by atoms with Crippen molar-refractivity contribution in [2.75, 3.05) is 31.1 Å². The van der Waals surface area contributed by atoms with Crippen molar-refractivity contribution in [2.24, 2.45) is 5.92 Å². The molecule has 28 heavy (non-hydrogen) atoms. The van der Waals surface area contributed by atoms with Crippen molar-refractivity contribution in [1.29, 1.82) is 0 Å². The largest absolute Gasteiger partial charge is 0.356 e. The fraction of sp³-hybridized carbons (Fsp3) is 0.455. The van der Waals surface area contributed by atoms with Crippen LogP contribution < -0.4 is 4.90 Å². The van der Waals surface area contributed by atoms with Crippen LogP contribution in [0.4, 0.5) is 14.6 Å². The summed E-state index contributed by atoms with van der Waals surface area (Å²) in [5.41, 5.74) is 1.33. The average Bonchev–Trinajstić information content (AvgIpc) is 3.16. The van der Waals surface area contributed by atoms with E-state index in [1.165, 1.54) is 18.6 Å². The maximum Gasteiger partial charge on any atom is 0.255 e. The second-order valence-electron chi connectivity index (χ2n) is 7.84. The van der Waals surface area contributed by atoms with E-state index < -0.39 is 11.6 Å². The molecule has 3 heterocycles. The van der Waals surface area contributed by atoms with Gasteiger partial charge in [-0.25, -0.2) is 13.8 Å². The summed E-state index contributed by atoms with van der Waals surface area (Å²) in [4.78, 5) is 21.1. The highest BCUT2D eigenvalue weighted by Gasteiger charge is 2.25. The number of pyridine rings is 1. The van der Waals surface area contributed by atoms with Gasteiger partial charge >= 0.3 is 0 Å². The van der Waals surface area contributed by atoms with Gasteiger partial charge < -0.3 is 9.80 Å². The number of likely N-dealkylation sites (tertiary alicyclic amines) is 1. The molecule has 1 amide bonds. The smallest absolute Gasteiger partial charge is 0.255 e. The SMILES string of the molecule is O=C(c1ccc(N2CCC(Cc3cc(F)cc(F)c3)C2)nc1)N1CCCCC1. The Kier molecular flexibility index (Phi) is 5.55. The van der Waals surface area contributed by atoms with Gasteiger partial charge in [-0.2, -0.15) is 0 Å². The molecule has 0 spiro atoms. The van der Waals surface area contributed by atoms with Gasteiger partial charge in [0.2, 0.25) is 0 Å². The third kappa shape index (κ3) is 4.32. The van der Waals surface area contributed by atoms with Crippen molar-refractivity contribution < 1.29 is 13.6 Å². The Hall–Kier alpha value is -2.50. The number of piperidine rings is 1. The summed E-state index contributed by atoms with van der Waals surface area (Å²) < 4.78 is 26.8. The molecule has 2 saturated heterocycles. The van der Waals surface area contributed by atoms with Crippen LogP contribution in [0.1, 0.15) is 41.6 Å². The molecular formula is C22H25F2N3O. The lowest BCUT2D eigenvalue weighted by molar-refractivity contribution is 0.0724. The fourth-order valence-electron chi connectivity index (χ4n) is 4.25. The summed E-state index contributed by atoms with van der Waals surface area (Å²) in [5.74, 6) is 0.188. The summed E-state index contributed by atoms with van der Waals surface area (Å²) in [6.45, 7) is 3.31. The standard InChI is InChI=1S/C22H25F2N3O/c23-19-11-17(12-20(24)13-19)10-16-6-9-27(15-16)21-5-4-18(14-25-21)22(28)26-7-2-1-3-8-26/h4-5,11-14,16H,1-3,6-10,15H2. The molecule has 2 aromatic rings. The second-order valence-corrected chi connectivity index (χ2v) is 7.84. The number of carbonyl (C=O) groups excluding carboxylic acids is 1. The van der Waals surface area contributed by atoms with Crippen LogP contribution in [0.15, 0.2) is 36.5 Å². The van der Waals surface area contributed by atoms with Gasteiger partial charge in [0, 0.05) is 38.4 Å². The zero-order valence-electron chi connectivity index (χ0n) is 15.9. The third-order valence-electron chi connectivity index (χ3n) is 5.69. The monoisotopic (exact) mass is 385 g/mol. The normalized spacial score (nSPS) is 19.9. The summed E-state index contributed by atoms with van der Waals surface area (Å²) in [7, 11) is 0. The summed E-state index contributed by atoms with van der Waals surface area (Å²) in [5, 5.41) is 0. The zero-order valence-corrected chi connectivity index (χ0v) is 15.9. The molecule has 0 N–H and O–H groups in total. The van der Waals surface area contributed by atoms with Crippen molar-refractivity contribution in [2.45, 2.75) is 32.1 Å². The molecule has 4 rings (SSSR count). The van der Waals surface area contributed by atoms with Gasteiger partial charge in [-0.3, -0.25) is 4.79 Å². The third-order valence-corrected chi connectivity index (χ3v) is 5.69. The number of rotatable bonds is 4. The first-order chi connectivity index (χ1) is 13.6. The van der Waals surface area contributed by atoms with E-state index in [9.17, 15) is 13.6 Å². The highest BCUT2D eigenvalue weighted by Crippen LogP contribution is 2.26. The van der Waals surface area contributed by atoms with Gasteiger partial charge in [0.25, 0.3) is 5.91 Å². The molecule has 6 heteroatoms. The van der Waals surface area contributed by atoms with Gasteiger partial charge in [-0.1, -0.05) is 0 Å². The molecule has 148 valence electrons. The summed E-state index contributed by atoms with van der Waals surface area (Å²) >= 11 is 0. The van der Waals surface area contributed by atoms with E-state index in [0.717, 1.165) is 57.3 Å². The number of hydrogen-bond acceptors (Lipinski definition) is 3. The highest BCUT2D eigenvalue weighted by molar-refractivity contribution is 5.94. The zero-order chi connectivity index (χ0) is 19.5. The maximum absolute atomic E-state index is 13.4. The van der Waals surface area contributed by atoms with Crippen LogP contribution >= 0.6 is 0 Å². The summed E-state index contributed by atoms with van der Waals surface area (Å²) in [6, 6.07) is 7.48. The minimum Gasteiger partial charge on any atom is -0.356 e. The van der Waals surface area contributed by atoms with Crippen molar-refractivity contribution >= 4 is 11.7 Å². The molecule has 2 aliphatic rings. The number of anilines is 1. The molecule has 2 fully saturated rings. The number of carbonyl (C=O) groups is 1. The van der Waals surface area contributed by atoms with Crippen LogP contribution in [0, 0.1) is 17.6 Å². The molecule has 4 nitrogen and oxygen atoms in total. The molecule has 0 bridgehead atoms.